The zero-order valence-electron chi connectivity index (χ0n) is 9.33. The molecule has 0 saturated carbocycles. The second kappa shape index (κ2) is 4.63. The van der Waals surface area contributed by atoms with E-state index in [1.165, 1.54) is 12.3 Å². The van der Waals surface area contributed by atoms with E-state index < -0.39 is 0 Å². The maximum Gasteiger partial charge on any atom is 0.185 e. The summed E-state index contributed by atoms with van der Waals surface area (Å²) in [6.45, 7) is 1.65. The van der Waals surface area contributed by atoms with E-state index in [-0.39, 0.29) is 5.82 Å². The van der Waals surface area contributed by atoms with Gasteiger partial charge in [-0.15, -0.1) is 5.10 Å². The first-order valence-electron chi connectivity index (χ1n) is 4.95. The fourth-order valence-electron chi connectivity index (χ4n) is 1.36. The van der Waals surface area contributed by atoms with Gasteiger partial charge in [-0.25, -0.2) is 9.37 Å². The molecule has 17 heavy (non-hydrogen) atoms. The van der Waals surface area contributed by atoms with Gasteiger partial charge in [-0.05, 0) is 24.6 Å². The number of nitrogens with one attached hydrogen (secondary N) is 1. The monoisotopic (exact) mass is 252 g/mol. The highest BCUT2D eigenvalue weighted by molar-refractivity contribution is 6.33. The van der Waals surface area contributed by atoms with Crippen molar-refractivity contribution in [2.75, 3.05) is 12.4 Å². The number of aromatic nitrogens is 3. The molecule has 0 saturated heterocycles. The predicted octanol–water partition coefficient (Wildman–Crippen LogP) is 2.68. The summed E-state index contributed by atoms with van der Waals surface area (Å²) in [6, 6.07) is 2.86. The molecule has 0 spiro atoms. The van der Waals surface area contributed by atoms with Crippen LogP contribution in [0.25, 0.3) is 11.4 Å². The summed E-state index contributed by atoms with van der Waals surface area (Å²) in [6.07, 6.45) is 1.47. The fourth-order valence-corrected chi connectivity index (χ4v) is 1.66. The maximum atomic E-state index is 13.5. The molecule has 0 amide bonds. The second-order valence-corrected chi connectivity index (χ2v) is 3.90. The standard InChI is InChI=1S/C11H10ClFN4/c1-6-3-8(12)7(4-9(6)13)11-16-10(14-2)5-15-17-11/h3-5H,1-2H3,(H,14,16,17). The number of benzene rings is 1. The van der Waals surface area contributed by atoms with E-state index >= 15 is 0 Å². The average Bonchev–Trinajstić information content (AvgIpc) is 2.34. The van der Waals surface area contributed by atoms with Crippen LogP contribution in [0.2, 0.25) is 5.02 Å². The molecule has 0 radical (unpaired) electrons. The van der Waals surface area contributed by atoms with Crippen LogP contribution in [0, 0.1) is 12.7 Å². The molecule has 2 aromatic rings. The van der Waals surface area contributed by atoms with Crippen molar-refractivity contribution < 1.29 is 4.39 Å². The molecular weight excluding hydrogens is 243 g/mol. The number of hydrogen-bond acceptors (Lipinski definition) is 4. The highest BCUT2D eigenvalue weighted by Gasteiger charge is 2.11. The average molecular weight is 253 g/mol. The van der Waals surface area contributed by atoms with Crippen LogP contribution < -0.4 is 5.32 Å². The summed E-state index contributed by atoms with van der Waals surface area (Å²) in [5.41, 5.74) is 0.913. The third-order valence-electron chi connectivity index (χ3n) is 2.30. The molecule has 0 aliphatic carbocycles. The lowest BCUT2D eigenvalue weighted by atomic mass is 10.1. The van der Waals surface area contributed by atoms with Crippen LogP contribution in [0.5, 0.6) is 0 Å². The summed E-state index contributed by atoms with van der Waals surface area (Å²) in [5, 5.41) is 10.8. The summed E-state index contributed by atoms with van der Waals surface area (Å²) in [5.74, 6) is 0.496. The van der Waals surface area contributed by atoms with Crippen molar-refractivity contribution in [2.24, 2.45) is 0 Å². The Bertz CT molecular complexity index is 559. The van der Waals surface area contributed by atoms with E-state index in [1.807, 2.05) is 0 Å². The van der Waals surface area contributed by atoms with Gasteiger partial charge in [0.1, 0.15) is 11.6 Å². The molecule has 0 aliphatic rings. The van der Waals surface area contributed by atoms with Crippen LogP contribution in [0.4, 0.5) is 10.2 Å². The van der Waals surface area contributed by atoms with Gasteiger partial charge in [0.25, 0.3) is 0 Å². The number of rotatable bonds is 2. The zero-order valence-corrected chi connectivity index (χ0v) is 10.1. The van der Waals surface area contributed by atoms with Crippen LogP contribution in [0.15, 0.2) is 18.3 Å². The molecule has 1 aromatic heterocycles. The minimum Gasteiger partial charge on any atom is -0.372 e. The highest BCUT2D eigenvalue weighted by atomic mass is 35.5. The SMILES string of the molecule is CNc1cnnc(-c2cc(F)c(C)cc2Cl)n1. The predicted molar refractivity (Wildman–Crippen MR) is 64.5 cm³/mol. The summed E-state index contributed by atoms with van der Waals surface area (Å²) < 4.78 is 13.5. The second-order valence-electron chi connectivity index (χ2n) is 3.50. The van der Waals surface area contributed by atoms with E-state index in [2.05, 4.69) is 20.5 Å². The first kappa shape index (κ1) is 11.7. The summed E-state index contributed by atoms with van der Waals surface area (Å²) >= 11 is 6.04. The molecule has 0 fully saturated rings. The van der Waals surface area contributed by atoms with Crippen molar-refractivity contribution in [3.63, 3.8) is 0 Å². The van der Waals surface area contributed by atoms with Gasteiger partial charge >= 0.3 is 0 Å². The Kier molecular flexibility index (Phi) is 3.19. The minimum atomic E-state index is -0.345. The van der Waals surface area contributed by atoms with Crippen molar-refractivity contribution in [2.45, 2.75) is 6.92 Å². The van der Waals surface area contributed by atoms with Gasteiger partial charge in [-0.1, -0.05) is 11.6 Å². The van der Waals surface area contributed by atoms with Gasteiger partial charge in [0, 0.05) is 12.6 Å². The highest BCUT2D eigenvalue weighted by Crippen LogP contribution is 2.27. The normalized spacial score (nSPS) is 10.4. The smallest absolute Gasteiger partial charge is 0.185 e. The van der Waals surface area contributed by atoms with E-state index in [9.17, 15) is 4.39 Å². The van der Waals surface area contributed by atoms with Gasteiger partial charge < -0.3 is 5.32 Å². The lowest BCUT2D eigenvalue weighted by molar-refractivity contribution is 0.619. The van der Waals surface area contributed by atoms with Crippen molar-refractivity contribution in [1.29, 1.82) is 0 Å². The third-order valence-corrected chi connectivity index (χ3v) is 2.62. The van der Waals surface area contributed by atoms with Crippen LogP contribution in [-0.4, -0.2) is 22.2 Å². The topological polar surface area (TPSA) is 50.7 Å². The van der Waals surface area contributed by atoms with Crippen molar-refractivity contribution in [3.8, 4) is 11.4 Å². The molecule has 4 nitrogen and oxygen atoms in total. The van der Waals surface area contributed by atoms with Crippen molar-refractivity contribution in [3.05, 3.63) is 34.7 Å². The first-order valence-corrected chi connectivity index (χ1v) is 5.33. The molecule has 6 heteroatoms. The summed E-state index contributed by atoms with van der Waals surface area (Å²) in [7, 11) is 1.71. The number of anilines is 1. The molecule has 0 unspecified atom stereocenters. The number of nitrogens with zero attached hydrogens (tertiary/aromatic N) is 3. The molecule has 1 N–H and O–H groups in total. The molecule has 1 aromatic carbocycles. The molecule has 2 rings (SSSR count). The molecule has 88 valence electrons. The van der Waals surface area contributed by atoms with Crippen molar-refractivity contribution >= 4 is 17.4 Å². The third kappa shape index (κ3) is 2.34. The van der Waals surface area contributed by atoms with E-state index in [4.69, 9.17) is 11.6 Å². The molecule has 0 bridgehead atoms. The van der Waals surface area contributed by atoms with E-state index in [1.54, 1.807) is 20.0 Å². The van der Waals surface area contributed by atoms with Crippen LogP contribution >= 0.6 is 11.6 Å². The largest absolute Gasteiger partial charge is 0.372 e. The minimum absolute atomic E-state index is 0.292. The Balaban J connectivity index is 2.56. The Morgan fingerprint density at radius 3 is 2.82 bits per heavy atom. The maximum absolute atomic E-state index is 13.5. The van der Waals surface area contributed by atoms with Gasteiger partial charge in [-0.3, -0.25) is 0 Å². The molecular formula is C11H10ClFN4. The van der Waals surface area contributed by atoms with Gasteiger partial charge in [-0.2, -0.15) is 5.10 Å². The van der Waals surface area contributed by atoms with E-state index in [0.29, 0.717) is 27.8 Å². The Hall–Kier alpha value is -1.75. The van der Waals surface area contributed by atoms with Crippen LogP contribution in [-0.2, 0) is 0 Å². The number of hydrogen-bond donors (Lipinski definition) is 1. The Morgan fingerprint density at radius 2 is 2.12 bits per heavy atom. The molecule has 1 heterocycles. The summed E-state index contributed by atoms with van der Waals surface area (Å²) in [4.78, 5) is 4.16. The number of halogens is 2. The zero-order chi connectivity index (χ0) is 12.4. The molecule has 0 atom stereocenters. The van der Waals surface area contributed by atoms with Crippen molar-refractivity contribution in [1.82, 2.24) is 15.2 Å². The van der Waals surface area contributed by atoms with Gasteiger partial charge in [0.15, 0.2) is 5.82 Å². The Labute approximate surface area is 103 Å². The molecule has 0 aliphatic heterocycles. The van der Waals surface area contributed by atoms with Gasteiger partial charge in [0.05, 0.1) is 11.2 Å². The lowest BCUT2D eigenvalue weighted by Gasteiger charge is -2.06. The quantitative estimate of drug-likeness (QED) is 0.893. The Morgan fingerprint density at radius 1 is 1.35 bits per heavy atom. The fraction of sp³-hybridized carbons (Fsp3) is 0.182. The van der Waals surface area contributed by atoms with Gasteiger partial charge in [0.2, 0.25) is 0 Å². The van der Waals surface area contributed by atoms with Crippen LogP contribution in [0.3, 0.4) is 0 Å². The van der Waals surface area contributed by atoms with E-state index in [0.717, 1.165) is 0 Å². The first-order chi connectivity index (χ1) is 8.11. The lowest BCUT2D eigenvalue weighted by Crippen LogP contribution is -1.99. The number of aryl methyl sites for hydroxylation is 1. The van der Waals surface area contributed by atoms with Crippen LogP contribution in [0.1, 0.15) is 5.56 Å².